The number of nitrogens with zero attached hydrogens (tertiary/aromatic N) is 5. The number of halogens is 3. The van der Waals surface area contributed by atoms with E-state index in [0.717, 1.165) is 11.1 Å². The summed E-state index contributed by atoms with van der Waals surface area (Å²) in [7, 11) is 0. The lowest BCUT2D eigenvalue weighted by atomic mass is 9.76. The summed E-state index contributed by atoms with van der Waals surface area (Å²) in [4.78, 5) is 21.6. The van der Waals surface area contributed by atoms with Crippen LogP contribution in [0.15, 0.2) is 42.6 Å². The van der Waals surface area contributed by atoms with Gasteiger partial charge in [0.05, 0.1) is 24.6 Å². The molecule has 2 atom stereocenters. The van der Waals surface area contributed by atoms with Crippen LogP contribution in [0.1, 0.15) is 48.6 Å². The lowest BCUT2D eigenvalue weighted by Gasteiger charge is -2.39. The molecule has 1 spiro atoms. The maximum absolute atomic E-state index is 14.7. The largest absolute Gasteiger partial charge is 0.480 e. The number of nitrogens with one attached hydrogen (secondary N) is 1. The number of hydrogen-bond acceptors (Lipinski definition) is 9. The summed E-state index contributed by atoms with van der Waals surface area (Å²) in [5, 5.41) is 16.8. The molecule has 5 heterocycles. The molecular formula is C30H34F3N7O4. The van der Waals surface area contributed by atoms with Gasteiger partial charge in [0.2, 0.25) is 17.9 Å². The van der Waals surface area contributed by atoms with E-state index in [1.54, 1.807) is 31.3 Å². The van der Waals surface area contributed by atoms with Crippen LogP contribution in [0.2, 0.25) is 0 Å². The topological polar surface area (TPSA) is 141 Å². The molecule has 234 valence electrons. The lowest BCUT2D eigenvalue weighted by Crippen LogP contribution is -2.41. The average molecular weight is 614 g/mol. The minimum atomic E-state index is -4.80. The first kappa shape index (κ1) is 29.9. The van der Waals surface area contributed by atoms with Crippen LogP contribution in [0.25, 0.3) is 11.3 Å². The standard InChI is InChI=1S/C30H34F3N7O4/c1-18-4-9-40(38-18)23-14-20(19-5-12-43-13-6-19)2-3-21(23)26(30(31,32)33)44-25-15-24(36-28(34)37-25)39-10-7-29(8-11-39)16-22(27(41)42)35-17-29/h2-5,9,14-15,22,26,35H,6-8,10-13,16-17H2,1H3,(H,41,42)(H2,34,36,37)/t22-,26+/m0/s1. The predicted octanol–water partition coefficient (Wildman–Crippen LogP) is 4.07. The maximum atomic E-state index is 14.7. The molecule has 3 aliphatic heterocycles. The van der Waals surface area contributed by atoms with Gasteiger partial charge in [-0.05, 0) is 61.3 Å². The Bertz CT molecular complexity index is 1570. The number of aromatic nitrogens is 4. The number of piperidine rings is 1. The number of hydrogen-bond donors (Lipinski definition) is 3. The van der Waals surface area contributed by atoms with Crippen LogP contribution < -0.4 is 20.7 Å². The number of aryl methyl sites for hydroxylation is 1. The summed E-state index contributed by atoms with van der Waals surface area (Å²) >= 11 is 0. The molecule has 14 heteroatoms. The Kier molecular flexibility index (Phi) is 7.97. The van der Waals surface area contributed by atoms with Crippen molar-refractivity contribution < 1.29 is 32.5 Å². The van der Waals surface area contributed by atoms with Gasteiger partial charge in [0.25, 0.3) is 0 Å². The van der Waals surface area contributed by atoms with E-state index in [2.05, 4.69) is 20.4 Å². The van der Waals surface area contributed by atoms with E-state index in [1.807, 2.05) is 11.0 Å². The molecule has 3 aromatic rings. The third-order valence-corrected chi connectivity index (χ3v) is 8.67. The molecular weight excluding hydrogens is 579 g/mol. The first-order valence-electron chi connectivity index (χ1n) is 14.5. The number of carboxylic acids is 1. The number of carboxylic acid groups (broad SMARTS) is 1. The Morgan fingerprint density at radius 3 is 2.66 bits per heavy atom. The number of nitrogen functional groups attached to an aromatic ring is 1. The van der Waals surface area contributed by atoms with Crippen LogP contribution in [0.4, 0.5) is 24.9 Å². The SMILES string of the molecule is Cc1ccn(-c2cc(C3=CCOCC3)ccc2[C@@H](Oc2cc(N3CCC4(CC3)CN[C@H](C(=O)O)C4)nc(N)n2)C(F)(F)F)n1. The smallest absolute Gasteiger partial charge is 0.429 e. The van der Waals surface area contributed by atoms with Crippen molar-refractivity contribution in [2.45, 2.75) is 50.9 Å². The van der Waals surface area contributed by atoms with E-state index < -0.39 is 24.3 Å². The minimum Gasteiger partial charge on any atom is -0.480 e. The normalized spacial score (nSPS) is 20.9. The van der Waals surface area contributed by atoms with Gasteiger partial charge in [0.15, 0.2) is 0 Å². The van der Waals surface area contributed by atoms with E-state index >= 15 is 0 Å². The molecule has 0 aliphatic carbocycles. The van der Waals surface area contributed by atoms with E-state index in [0.29, 0.717) is 70.0 Å². The molecule has 0 amide bonds. The quantitative estimate of drug-likeness (QED) is 0.357. The van der Waals surface area contributed by atoms with Crippen molar-refractivity contribution in [3.05, 3.63) is 59.4 Å². The van der Waals surface area contributed by atoms with E-state index in [4.69, 9.17) is 15.2 Å². The monoisotopic (exact) mass is 613 g/mol. The molecule has 2 fully saturated rings. The van der Waals surface area contributed by atoms with Gasteiger partial charge in [-0.15, -0.1) is 0 Å². The van der Waals surface area contributed by atoms with Gasteiger partial charge in [-0.1, -0.05) is 18.2 Å². The Balaban J connectivity index is 1.29. The molecule has 44 heavy (non-hydrogen) atoms. The fourth-order valence-corrected chi connectivity index (χ4v) is 6.26. The molecule has 0 saturated carbocycles. The van der Waals surface area contributed by atoms with Crippen molar-refractivity contribution in [2.24, 2.45) is 5.41 Å². The first-order chi connectivity index (χ1) is 21.0. The molecule has 4 N–H and O–H groups in total. The third-order valence-electron chi connectivity index (χ3n) is 8.67. The van der Waals surface area contributed by atoms with Crippen LogP contribution in [-0.2, 0) is 9.53 Å². The van der Waals surface area contributed by atoms with Crippen molar-refractivity contribution >= 4 is 23.3 Å². The molecule has 11 nitrogen and oxygen atoms in total. The zero-order valence-corrected chi connectivity index (χ0v) is 24.2. The summed E-state index contributed by atoms with van der Waals surface area (Å²) in [5.74, 6) is -1.02. The second kappa shape index (κ2) is 11.7. The number of benzene rings is 1. The summed E-state index contributed by atoms with van der Waals surface area (Å²) < 4.78 is 56.7. The van der Waals surface area contributed by atoms with E-state index in [1.165, 1.54) is 16.8 Å². The summed E-state index contributed by atoms with van der Waals surface area (Å²) in [6.07, 6.45) is -1.04. The second-order valence-electron chi connectivity index (χ2n) is 11.7. The highest BCUT2D eigenvalue weighted by atomic mass is 19.4. The van der Waals surface area contributed by atoms with Crippen molar-refractivity contribution in [3.63, 3.8) is 0 Å². The average Bonchev–Trinajstić information content (AvgIpc) is 3.62. The van der Waals surface area contributed by atoms with Crippen LogP contribution in [0.5, 0.6) is 5.88 Å². The van der Waals surface area contributed by atoms with Gasteiger partial charge in [-0.2, -0.15) is 28.2 Å². The van der Waals surface area contributed by atoms with Gasteiger partial charge in [0.1, 0.15) is 11.9 Å². The van der Waals surface area contributed by atoms with Crippen LogP contribution in [0, 0.1) is 12.3 Å². The zero-order valence-electron chi connectivity index (χ0n) is 24.2. The van der Waals surface area contributed by atoms with Gasteiger partial charge < -0.3 is 30.5 Å². The summed E-state index contributed by atoms with van der Waals surface area (Å²) in [5.41, 5.74) is 8.35. The van der Waals surface area contributed by atoms with E-state index in [9.17, 15) is 23.1 Å². The summed E-state index contributed by atoms with van der Waals surface area (Å²) in [6.45, 7) is 4.42. The molecule has 3 aliphatic rings. The predicted molar refractivity (Wildman–Crippen MR) is 156 cm³/mol. The molecule has 2 aromatic heterocycles. The fraction of sp³-hybridized carbons (Fsp3) is 0.467. The molecule has 0 unspecified atom stereocenters. The lowest BCUT2D eigenvalue weighted by molar-refractivity contribution is -0.198. The van der Waals surface area contributed by atoms with Crippen molar-refractivity contribution in [2.75, 3.05) is 43.5 Å². The highest BCUT2D eigenvalue weighted by Crippen LogP contribution is 2.42. The maximum Gasteiger partial charge on any atom is 0.429 e. The highest BCUT2D eigenvalue weighted by Gasteiger charge is 2.46. The highest BCUT2D eigenvalue weighted by molar-refractivity contribution is 5.74. The van der Waals surface area contributed by atoms with Crippen molar-refractivity contribution in [1.29, 1.82) is 0 Å². The molecule has 2 saturated heterocycles. The number of anilines is 2. The molecule has 0 bridgehead atoms. The fourth-order valence-electron chi connectivity index (χ4n) is 6.26. The zero-order chi connectivity index (χ0) is 31.1. The van der Waals surface area contributed by atoms with Crippen LogP contribution in [0.3, 0.4) is 0 Å². The Morgan fingerprint density at radius 2 is 2.02 bits per heavy atom. The van der Waals surface area contributed by atoms with E-state index in [-0.39, 0.29) is 28.5 Å². The molecule has 0 radical (unpaired) electrons. The first-order valence-corrected chi connectivity index (χ1v) is 14.5. The number of rotatable bonds is 7. The second-order valence-corrected chi connectivity index (χ2v) is 11.7. The van der Waals surface area contributed by atoms with Crippen LogP contribution >= 0.6 is 0 Å². The molecule has 6 rings (SSSR count). The van der Waals surface area contributed by atoms with Gasteiger partial charge in [-0.25, -0.2) is 4.68 Å². The van der Waals surface area contributed by atoms with Crippen molar-refractivity contribution in [1.82, 2.24) is 25.1 Å². The molecule has 1 aromatic carbocycles. The van der Waals surface area contributed by atoms with Gasteiger partial charge >= 0.3 is 12.1 Å². The summed E-state index contributed by atoms with van der Waals surface area (Å²) in [6, 6.07) is 7.29. The third kappa shape index (κ3) is 6.22. The van der Waals surface area contributed by atoms with Crippen LogP contribution in [-0.4, -0.2) is 75.9 Å². The number of alkyl halides is 3. The Morgan fingerprint density at radius 1 is 1.23 bits per heavy atom. The minimum absolute atomic E-state index is 0.127. The number of nitrogens with two attached hydrogens (primary N) is 1. The number of carbonyl (C=O) groups is 1. The van der Waals surface area contributed by atoms with Gasteiger partial charge in [0, 0.05) is 37.5 Å². The Labute approximate surface area is 251 Å². The number of ether oxygens (including phenoxy) is 2. The van der Waals surface area contributed by atoms with Crippen molar-refractivity contribution in [3.8, 4) is 11.6 Å². The Hall–Kier alpha value is -4.17. The number of aliphatic carboxylic acids is 1. The van der Waals surface area contributed by atoms with Gasteiger partial charge in [-0.3, -0.25) is 4.79 Å².